The van der Waals surface area contributed by atoms with Gasteiger partial charge in [0.1, 0.15) is 5.69 Å². The zero-order valence-corrected chi connectivity index (χ0v) is 14.9. The molecule has 0 amide bonds. The van der Waals surface area contributed by atoms with Crippen molar-refractivity contribution in [2.24, 2.45) is 5.10 Å². The number of ether oxygens (including phenoxy) is 1. The molecule has 0 saturated carbocycles. The first-order valence-corrected chi connectivity index (χ1v) is 7.97. The quantitative estimate of drug-likeness (QED) is 0.230. The Hall–Kier alpha value is -2.26. The maximum absolute atomic E-state index is 11.1. The summed E-state index contributed by atoms with van der Waals surface area (Å²) in [6.07, 6.45) is 2.33. The molecule has 0 radical (unpaired) electrons. The van der Waals surface area contributed by atoms with Crippen LogP contribution in [0.1, 0.15) is 18.9 Å². The van der Waals surface area contributed by atoms with Gasteiger partial charge in [-0.25, -0.2) is 0 Å². The Bertz CT molecular complexity index is 592. The van der Waals surface area contributed by atoms with Crippen molar-refractivity contribution in [3.05, 3.63) is 33.9 Å². The highest BCUT2D eigenvalue weighted by Crippen LogP contribution is 2.26. The number of hydrazone groups is 1. The van der Waals surface area contributed by atoms with Crippen LogP contribution in [0.5, 0.6) is 0 Å². The van der Waals surface area contributed by atoms with Crippen molar-refractivity contribution < 1.29 is 9.66 Å². The smallest absolute Gasteiger partial charge is 0.293 e. The lowest BCUT2D eigenvalue weighted by Crippen LogP contribution is -2.33. The molecule has 24 heavy (non-hydrogen) atoms. The van der Waals surface area contributed by atoms with Crippen molar-refractivity contribution in [1.29, 1.82) is 0 Å². The van der Waals surface area contributed by atoms with Crippen LogP contribution in [0.4, 0.5) is 11.4 Å². The van der Waals surface area contributed by atoms with Gasteiger partial charge in [-0.15, -0.1) is 0 Å². The van der Waals surface area contributed by atoms with E-state index in [9.17, 15) is 10.1 Å². The van der Waals surface area contributed by atoms with Crippen LogP contribution < -0.4 is 15.6 Å². The Morgan fingerprint density at radius 3 is 2.88 bits per heavy atom. The lowest BCUT2D eigenvalue weighted by molar-refractivity contribution is -0.384. The van der Waals surface area contributed by atoms with E-state index in [-0.39, 0.29) is 5.69 Å². The van der Waals surface area contributed by atoms with E-state index in [0.29, 0.717) is 36.1 Å². The fourth-order valence-electron chi connectivity index (χ4n) is 1.87. The van der Waals surface area contributed by atoms with E-state index in [4.69, 9.17) is 17.0 Å². The predicted octanol–water partition coefficient (Wildman–Crippen LogP) is 1.89. The normalized spacial score (nSPS) is 10.6. The summed E-state index contributed by atoms with van der Waals surface area (Å²) < 4.78 is 5.22. The standard InChI is InChI=1S/C15H23N5O3S/c1-4-23-9-5-8-16-15(24)18-17-11-12-6-7-13(19(2)3)14(10-12)20(21)22/h6-7,10-11H,4-5,8-9H2,1-3H3,(H2,16,18,24)/b17-11-. The van der Waals surface area contributed by atoms with Crippen LogP contribution in [0.3, 0.4) is 0 Å². The largest absolute Gasteiger partial charge is 0.382 e. The van der Waals surface area contributed by atoms with E-state index >= 15 is 0 Å². The van der Waals surface area contributed by atoms with Gasteiger partial charge in [0.05, 0.1) is 11.1 Å². The van der Waals surface area contributed by atoms with Crippen molar-refractivity contribution in [1.82, 2.24) is 10.7 Å². The molecule has 0 aliphatic carbocycles. The molecule has 1 aromatic rings. The number of anilines is 1. The van der Waals surface area contributed by atoms with Crippen LogP contribution >= 0.6 is 12.2 Å². The van der Waals surface area contributed by atoms with Crippen molar-refractivity contribution in [3.8, 4) is 0 Å². The molecule has 0 saturated heterocycles. The molecule has 0 spiro atoms. The Labute approximate surface area is 147 Å². The molecule has 0 unspecified atom stereocenters. The fourth-order valence-corrected chi connectivity index (χ4v) is 2.03. The third-order valence-electron chi connectivity index (χ3n) is 3.01. The predicted molar refractivity (Wildman–Crippen MR) is 99.9 cm³/mol. The average molecular weight is 353 g/mol. The van der Waals surface area contributed by atoms with Gasteiger partial charge in [-0.05, 0) is 31.6 Å². The first-order valence-electron chi connectivity index (χ1n) is 7.56. The minimum Gasteiger partial charge on any atom is -0.382 e. The molecule has 1 rings (SSSR count). The number of nitrogens with one attached hydrogen (secondary N) is 2. The second-order valence-corrected chi connectivity index (χ2v) is 5.48. The fraction of sp³-hybridized carbons (Fsp3) is 0.467. The molecular weight excluding hydrogens is 330 g/mol. The minimum atomic E-state index is -0.412. The highest BCUT2D eigenvalue weighted by atomic mass is 32.1. The highest BCUT2D eigenvalue weighted by molar-refractivity contribution is 7.80. The maximum Gasteiger partial charge on any atom is 0.293 e. The molecule has 2 N–H and O–H groups in total. The molecule has 132 valence electrons. The van der Waals surface area contributed by atoms with Crippen LogP contribution in [0.15, 0.2) is 23.3 Å². The highest BCUT2D eigenvalue weighted by Gasteiger charge is 2.15. The van der Waals surface area contributed by atoms with Crippen molar-refractivity contribution in [2.45, 2.75) is 13.3 Å². The number of rotatable bonds is 9. The zero-order chi connectivity index (χ0) is 17.9. The van der Waals surface area contributed by atoms with Gasteiger partial charge in [0, 0.05) is 45.5 Å². The summed E-state index contributed by atoms with van der Waals surface area (Å²) in [5, 5.41) is 18.5. The van der Waals surface area contributed by atoms with Crippen molar-refractivity contribution in [2.75, 3.05) is 38.8 Å². The molecule has 0 aromatic heterocycles. The van der Waals surface area contributed by atoms with Crippen LogP contribution in [0.25, 0.3) is 0 Å². The van der Waals surface area contributed by atoms with Gasteiger partial charge in [0.2, 0.25) is 0 Å². The second kappa shape index (κ2) is 10.5. The van der Waals surface area contributed by atoms with E-state index in [2.05, 4.69) is 15.8 Å². The Balaban J connectivity index is 2.54. The van der Waals surface area contributed by atoms with E-state index in [0.717, 1.165) is 6.42 Å². The Morgan fingerprint density at radius 2 is 2.25 bits per heavy atom. The van der Waals surface area contributed by atoms with Gasteiger partial charge in [0.15, 0.2) is 5.11 Å². The third kappa shape index (κ3) is 6.88. The summed E-state index contributed by atoms with van der Waals surface area (Å²) in [6.45, 7) is 4.01. The molecule has 0 heterocycles. The summed E-state index contributed by atoms with van der Waals surface area (Å²) in [4.78, 5) is 12.4. The van der Waals surface area contributed by atoms with Crippen LogP contribution in [-0.4, -0.2) is 50.1 Å². The third-order valence-corrected chi connectivity index (χ3v) is 3.25. The molecule has 8 nitrogen and oxygen atoms in total. The molecule has 0 aliphatic rings. The Morgan fingerprint density at radius 1 is 1.50 bits per heavy atom. The van der Waals surface area contributed by atoms with Gasteiger partial charge in [-0.3, -0.25) is 15.5 Å². The summed E-state index contributed by atoms with van der Waals surface area (Å²) in [6, 6.07) is 4.91. The lowest BCUT2D eigenvalue weighted by Gasteiger charge is -2.12. The number of nitro groups is 1. The number of hydrogen-bond donors (Lipinski definition) is 2. The first-order chi connectivity index (χ1) is 11.5. The number of benzene rings is 1. The number of thiocarbonyl (C=S) groups is 1. The summed E-state index contributed by atoms with van der Waals surface area (Å²) >= 11 is 5.08. The Kier molecular flexibility index (Phi) is 8.66. The van der Waals surface area contributed by atoms with E-state index in [1.807, 2.05) is 6.92 Å². The topological polar surface area (TPSA) is 92.0 Å². The van der Waals surface area contributed by atoms with Crippen molar-refractivity contribution in [3.63, 3.8) is 0 Å². The SMILES string of the molecule is CCOCCCNC(=S)N/N=C\c1ccc(N(C)C)c([N+](=O)[O-])c1. The first kappa shape index (κ1) is 19.8. The van der Waals surface area contributed by atoms with Crippen molar-refractivity contribution >= 4 is 34.9 Å². The number of hydrogen-bond acceptors (Lipinski definition) is 6. The van der Waals surface area contributed by atoms with E-state index in [1.54, 1.807) is 31.1 Å². The molecular formula is C15H23N5O3S. The summed E-state index contributed by atoms with van der Waals surface area (Å²) in [5.74, 6) is 0. The minimum absolute atomic E-state index is 0.0283. The number of nitro benzene ring substituents is 1. The van der Waals surface area contributed by atoms with Gasteiger partial charge < -0.3 is 15.0 Å². The van der Waals surface area contributed by atoms with Gasteiger partial charge in [0.25, 0.3) is 5.69 Å². The molecule has 9 heteroatoms. The molecule has 0 aliphatic heterocycles. The molecule has 0 atom stereocenters. The van der Waals surface area contributed by atoms with Crippen LogP contribution in [-0.2, 0) is 4.74 Å². The number of nitrogens with zero attached hydrogens (tertiary/aromatic N) is 3. The van der Waals surface area contributed by atoms with Gasteiger partial charge in [-0.1, -0.05) is 6.07 Å². The zero-order valence-electron chi connectivity index (χ0n) is 14.1. The van der Waals surface area contributed by atoms with Crippen LogP contribution in [0.2, 0.25) is 0 Å². The van der Waals surface area contributed by atoms with E-state index < -0.39 is 4.92 Å². The maximum atomic E-state index is 11.1. The van der Waals surface area contributed by atoms with Gasteiger partial charge in [-0.2, -0.15) is 5.10 Å². The molecule has 1 aromatic carbocycles. The second-order valence-electron chi connectivity index (χ2n) is 5.08. The molecule has 0 fully saturated rings. The van der Waals surface area contributed by atoms with Gasteiger partial charge >= 0.3 is 0 Å². The van der Waals surface area contributed by atoms with E-state index in [1.165, 1.54) is 12.3 Å². The van der Waals surface area contributed by atoms with Crippen LogP contribution in [0, 0.1) is 10.1 Å². The summed E-state index contributed by atoms with van der Waals surface area (Å²) in [5.41, 5.74) is 3.85. The summed E-state index contributed by atoms with van der Waals surface area (Å²) in [7, 11) is 3.51. The average Bonchev–Trinajstić information content (AvgIpc) is 2.54. The lowest BCUT2D eigenvalue weighted by atomic mass is 10.2. The monoisotopic (exact) mass is 353 g/mol. The molecule has 0 bridgehead atoms.